The van der Waals surface area contributed by atoms with Gasteiger partial charge in [0.25, 0.3) is 0 Å². The number of nitrogens with zero attached hydrogens (tertiary/aromatic N) is 2. The molecule has 1 amide bonds. The number of anilines is 1. The van der Waals surface area contributed by atoms with Crippen molar-refractivity contribution in [2.24, 2.45) is 0 Å². The van der Waals surface area contributed by atoms with Crippen LogP contribution in [0.3, 0.4) is 0 Å². The van der Waals surface area contributed by atoms with E-state index in [2.05, 4.69) is 5.32 Å². The molecule has 0 bridgehead atoms. The van der Waals surface area contributed by atoms with Crippen molar-refractivity contribution in [1.82, 2.24) is 4.90 Å². The van der Waals surface area contributed by atoms with Gasteiger partial charge in [0, 0.05) is 13.1 Å². The number of nitrogens with one attached hydrogen (secondary N) is 1. The number of β-amino-alcohol motifs (C(OH)–C–C–N with tert-alkyl or cyclic N) is 1. The highest BCUT2D eigenvalue weighted by Gasteiger charge is 2.40. The van der Waals surface area contributed by atoms with Crippen LogP contribution in [0.5, 0.6) is 0 Å². The molecule has 1 aromatic rings. The van der Waals surface area contributed by atoms with Crippen LogP contribution in [0.25, 0.3) is 0 Å². The van der Waals surface area contributed by atoms with E-state index in [4.69, 9.17) is 5.26 Å². The van der Waals surface area contributed by atoms with Gasteiger partial charge >= 0.3 is 0 Å². The lowest BCUT2D eigenvalue weighted by Crippen LogP contribution is -2.62. The fourth-order valence-corrected chi connectivity index (χ4v) is 2.60. The standard InChI is InChI=1S/C15H19N3O2/c1-2-7-15(20)10-18(11-15)9-14(19)17-13-6-4-3-5-12(13)8-16/h3-6,20H,2,7,9-11H2,1H3,(H,17,19). The van der Waals surface area contributed by atoms with Crippen molar-refractivity contribution in [2.45, 2.75) is 25.4 Å². The molecule has 0 atom stereocenters. The van der Waals surface area contributed by atoms with Gasteiger partial charge in [-0.1, -0.05) is 25.5 Å². The van der Waals surface area contributed by atoms with Crippen molar-refractivity contribution in [3.63, 3.8) is 0 Å². The number of rotatable bonds is 5. The van der Waals surface area contributed by atoms with Crippen molar-refractivity contribution in [2.75, 3.05) is 25.0 Å². The Morgan fingerprint density at radius 3 is 2.85 bits per heavy atom. The molecule has 0 aromatic heterocycles. The van der Waals surface area contributed by atoms with E-state index in [1.807, 2.05) is 17.9 Å². The summed E-state index contributed by atoms with van der Waals surface area (Å²) in [6.45, 7) is 3.35. The van der Waals surface area contributed by atoms with Crippen LogP contribution >= 0.6 is 0 Å². The Morgan fingerprint density at radius 2 is 2.20 bits per heavy atom. The zero-order chi connectivity index (χ0) is 14.6. The van der Waals surface area contributed by atoms with E-state index in [0.717, 1.165) is 12.8 Å². The first-order chi connectivity index (χ1) is 9.56. The summed E-state index contributed by atoms with van der Waals surface area (Å²) in [5, 5.41) is 21.7. The highest BCUT2D eigenvalue weighted by Crippen LogP contribution is 2.25. The second-order valence-corrected chi connectivity index (χ2v) is 5.33. The fourth-order valence-electron chi connectivity index (χ4n) is 2.60. The van der Waals surface area contributed by atoms with Gasteiger partial charge in [0.1, 0.15) is 6.07 Å². The lowest BCUT2D eigenvalue weighted by molar-refractivity contribution is -0.129. The normalized spacial score (nSPS) is 17.1. The third-order valence-electron chi connectivity index (χ3n) is 3.44. The molecular formula is C15H19N3O2. The summed E-state index contributed by atoms with van der Waals surface area (Å²) in [4.78, 5) is 13.8. The third kappa shape index (κ3) is 3.35. The number of amides is 1. The molecule has 0 saturated carbocycles. The second-order valence-electron chi connectivity index (χ2n) is 5.33. The fraction of sp³-hybridized carbons (Fsp3) is 0.467. The molecule has 20 heavy (non-hydrogen) atoms. The van der Waals surface area contributed by atoms with Crippen molar-refractivity contribution in [3.8, 4) is 6.07 Å². The quantitative estimate of drug-likeness (QED) is 0.849. The number of para-hydroxylation sites is 1. The lowest BCUT2D eigenvalue weighted by Gasteiger charge is -2.46. The van der Waals surface area contributed by atoms with Crippen LogP contribution in [0.2, 0.25) is 0 Å². The molecule has 0 radical (unpaired) electrons. The molecule has 1 heterocycles. The molecule has 0 aliphatic carbocycles. The molecule has 2 N–H and O–H groups in total. The number of benzene rings is 1. The molecule has 1 aliphatic rings. The SMILES string of the molecule is CCCC1(O)CN(CC(=O)Nc2ccccc2C#N)C1. The highest BCUT2D eigenvalue weighted by atomic mass is 16.3. The van der Waals surface area contributed by atoms with E-state index < -0.39 is 5.60 Å². The van der Waals surface area contributed by atoms with E-state index >= 15 is 0 Å². The van der Waals surface area contributed by atoms with Crippen molar-refractivity contribution in [1.29, 1.82) is 5.26 Å². The Labute approximate surface area is 118 Å². The number of nitriles is 1. The summed E-state index contributed by atoms with van der Waals surface area (Å²) in [6.07, 6.45) is 1.70. The van der Waals surface area contributed by atoms with E-state index in [-0.39, 0.29) is 12.5 Å². The Kier molecular flexibility index (Phi) is 4.38. The first-order valence-electron chi connectivity index (χ1n) is 6.80. The first kappa shape index (κ1) is 14.5. The van der Waals surface area contributed by atoms with Crippen molar-refractivity contribution >= 4 is 11.6 Å². The smallest absolute Gasteiger partial charge is 0.238 e. The van der Waals surface area contributed by atoms with Gasteiger partial charge in [-0.25, -0.2) is 0 Å². The van der Waals surface area contributed by atoms with Crippen molar-refractivity contribution in [3.05, 3.63) is 29.8 Å². The van der Waals surface area contributed by atoms with Crippen LogP contribution in [0.15, 0.2) is 24.3 Å². The second kappa shape index (κ2) is 6.04. The Bertz CT molecular complexity index is 530. The number of hydrogen-bond donors (Lipinski definition) is 2. The average molecular weight is 273 g/mol. The molecule has 1 fully saturated rings. The third-order valence-corrected chi connectivity index (χ3v) is 3.44. The molecule has 1 saturated heterocycles. The van der Waals surface area contributed by atoms with Crippen LogP contribution in [-0.4, -0.2) is 41.1 Å². The Balaban J connectivity index is 1.84. The Hall–Kier alpha value is -1.90. The van der Waals surface area contributed by atoms with E-state index in [1.54, 1.807) is 24.3 Å². The van der Waals surface area contributed by atoms with Crippen LogP contribution in [0.1, 0.15) is 25.3 Å². The van der Waals surface area contributed by atoms with Gasteiger partial charge in [-0.2, -0.15) is 5.26 Å². The molecule has 0 spiro atoms. The highest BCUT2D eigenvalue weighted by molar-refractivity contribution is 5.93. The summed E-state index contributed by atoms with van der Waals surface area (Å²) in [5.74, 6) is -0.161. The summed E-state index contributed by atoms with van der Waals surface area (Å²) in [6, 6.07) is 8.95. The zero-order valence-electron chi connectivity index (χ0n) is 11.6. The minimum Gasteiger partial charge on any atom is -0.387 e. The number of carbonyl (C=O) groups excluding carboxylic acids is 1. The predicted octanol–water partition coefficient (Wildman–Crippen LogP) is 1.34. The van der Waals surface area contributed by atoms with Crippen LogP contribution in [0.4, 0.5) is 5.69 Å². The van der Waals surface area contributed by atoms with Crippen LogP contribution < -0.4 is 5.32 Å². The molecular weight excluding hydrogens is 254 g/mol. The van der Waals surface area contributed by atoms with Crippen molar-refractivity contribution < 1.29 is 9.90 Å². The number of aliphatic hydroxyl groups is 1. The summed E-state index contributed by atoms with van der Waals surface area (Å²) < 4.78 is 0. The molecule has 5 heteroatoms. The summed E-state index contributed by atoms with van der Waals surface area (Å²) >= 11 is 0. The lowest BCUT2D eigenvalue weighted by atomic mass is 9.89. The van der Waals surface area contributed by atoms with E-state index in [0.29, 0.717) is 24.3 Å². The molecule has 106 valence electrons. The number of likely N-dealkylation sites (tertiary alicyclic amines) is 1. The maximum absolute atomic E-state index is 11.9. The first-order valence-corrected chi connectivity index (χ1v) is 6.80. The van der Waals surface area contributed by atoms with Gasteiger partial charge in [-0.05, 0) is 18.6 Å². The molecule has 5 nitrogen and oxygen atoms in total. The maximum Gasteiger partial charge on any atom is 0.238 e. The Morgan fingerprint density at radius 1 is 1.50 bits per heavy atom. The molecule has 1 aliphatic heterocycles. The largest absolute Gasteiger partial charge is 0.387 e. The predicted molar refractivity (Wildman–Crippen MR) is 76.1 cm³/mol. The van der Waals surface area contributed by atoms with Gasteiger partial charge in [0.05, 0.1) is 23.4 Å². The van der Waals surface area contributed by atoms with Gasteiger partial charge in [-0.15, -0.1) is 0 Å². The summed E-state index contributed by atoms with van der Waals surface area (Å²) in [7, 11) is 0. The number of hydrogen-bond acceptors (Lipinski definition) is 4. The van der Waals surface area contributed by atoms with Gasteiger partial charge in [0.15, 0.2) is 0 Å². The minimum atomic E-state index is -0.625. The van der Waals surface area contributed by atoms with E-state index in [9.17, 15) is 9.90 Å². The monoisotopic (exact) mass is 273 g/mol. The maximum atomic E-state index is 11.9. The number of carbonyl (C=O) groups is 1. The van der Waals surface area contributed by atoms with E-state index in [1.165, 1.54) is 0 Å². The van der Waals surface area contributed by atoms with Crippen LogP contribution in [0, 0.1) is 11.3 Å². The van der Waals surface area contributed by atoms with Gasteiger partial charge in [-0.3, -0.25) is 9.69 Å². The minimum absolute atomic E-state index is 0.161. The van der Waals surface area contributed by atoms with Gasteiger partial charge < -0.3 is 10.4 Å². The molecule has 0 unspecified atom stereocenters. The molecule has 1 aromatic carbocycles. The van der Waals surface area contributed by atoms with Crippen LogP contribution in [-0.2, 0) is 4.79 Å². The topological polar surface area (TPSA) is 76.4 Å². The van der Waals surface area contributed by atoms with Gasteiger partial charge in [0.2, 0.25) is 5.91 Å². The average Bonchev–Trinajstić information content (AvgIpc) is 2.37. The molecule has 2 rings (SSSR count). The zero-order valence-corrected chi connectivity index (χ0v) is 11.6. The summed E-state index contributed by atoms with van der Waals surface area (Å²) in [5.41, 5.74) is 0.357.